The minimum Gasteiger partial charge on any atom is -0.272 e. The number of amides is 2. The van der Waals surface area contributed by atoms with Gasteiger partial charge in [-0.15, -0.1) is 0 Å². The van der Waals surface area contributed by atoms with E-state index in [-0.39, 0.29) is 11.3 Å². The van der Waals surface area contributed by atoms with Gasteiger partial charge < -0.3 is 0 Å². The number of thioether (sulfide) groups is 1. The number of nitrogens with one attached hydrogen (secondary N) is 2. The number of rotatable bonds is 4. The quantitative estimate of drug-likeness (QED) is 0.646. The van der Waals surface area contributed by atoms with Gasteiger partial charge in [-0.05, 0) is 49.7 Å². The van der Waals surface area contributed by atoms with Crippen LogP contribution in [0.15, 0.2) is 35.4 Å². The van der Waals surface area contributed by atoms with Crippen molar-refractivity contribution in [3.8, 4) is 6.07 Å². The van der Waals surface area contributed by atoms with E-state index in [1.165, 1.54) is 12.1 Å². The van der Waals surface area contributed by atoms with Gasteiger partial charge >= 0.3 is 0 Å². The molecule has 0 aliphatic heterocycles. The number of pyridine rings is 1. The molecular weight excluding hydrogens is 343 g/mol. The Morgan fingerprint density at radius 3 is 2.56 bits per heavy atom. The van der Waals surface area contributed by atoms with Crippen LogP contribution in [0.3, 0.4) is 0 Å². The molecule has 0 fully saturated rings. The first kappa shape index (κ1) is 18.4. The third-order valence-corrected chi connectivity index (χ3v) is 4.16. The molecule has 0 aliphatic rings. The van der Waals surface area contributed by atoms with Crippen molar-refractivity contribution in [2.75, 3.05) is 5.75 Å². The summed E-state index contributed by atoms with van der Waals surface area (Å²) in [6.07, 6.45) is 0. The fourth-order valence-electron chi connectivity index (χ4n) is 2.01. The Kier molecular flexibility index (Phi) is 6.08. The summed E-state index contributed by atoms with van der Waals surface area (Å²) >= 11 is 1.11. The van der Waals surface area contributed by atoms with Gasteiger partial charge in [-0.3, -0.25) is 20.4 Å². The Bertz CT molecular complexity index is 847. The molecule has 128 valence electrons. The second kappa shape index (κ2) is 8.26. The predicted molar refractivity (Wildman–Crippen MR) is 91.2 cm³/mol. The van der Waals surface area contributed by atoms with Crippen LogP contribution >= 0.6 is 11.8 Å². The van der Waals surface area contributed by atoms with Crippen molar-refractivity contribution in [1.29, 1.82) is 5.26 Å². The summed E-state index contributed by atoms with van der Waals surface area (Å²) in [6.45, 7) is 3.61. The smallest absolute Gasteiger partial charge is 0.269 e. The van der Waals surface area contributed by atoms with Crippen molar-refractivity contribution in [2.45, 2.75) is 18.9 Å². The lowest BCUT2D eigenvalue weighted by Crippen LogP contribution is -2.42. The highest BCUT2D eigenvalue weighted by Gasteiger charge is 2.12. The van der Waals surface area contributed by atoms with Gasteiger partial charge in [-0.2, -0.15) is 5.26 Å². The molecule has 2 aromatic rings. The molecule has 0 spiro atoms. The maximum Gasteiger partial charge on any atom is 0.269 e. The molecule has 0 saturated heterocycles. The number of nitriles is 1. The Morgan fingerprint density at radius 2 is 1.92 bits per heavy atom. The van der Waals surface area contributed by atoms with Gasteiger partial charge in [0.15, 0.2) is 0 Å². The maximum absolute atomic E-state index is 12.8. The van der Waals surface area contributed by atoms with Crippen LogP contribution in [0.1, 0.15) is 27.2 Å². The second-order valence-electron chi connectivity index (χ2n) is 5.17. The van der Waals surface area contributed by atoms with E-state index in [2.05, 4.69) is 21.9 Å². The molecule has 0 aliphatic carbocycles. The second-order valence-corrected chi connectivity index (χ2v) is 6.13. The van der Waals surface area contributed by atoms with Crippen molar-refractivity contribution >= 4 is 23.6 Å². The molecule has 2 N–H and O–H groups in total. The van der Waals surface area contributed by atoms with E-state index in [4.69, 9.17) is 0 Å². The van der Waals surface area contributed by atoms with Crippen LogP contribution in [0.4, 0.5) is 4.39 Å². The number of hydrogen-bond donors (Lipinski definition) is 2. The van der Waals surface area contributed by atoms with Gasteiger partial charge in [0.05, 0.1) is 11.3 Å². The van der Waals surface area contributed by atoms with Crippen molar-refractivity contribution in [1.82, 2.24) is 15.8 Å². The Morgan fingerprint density at radius 1 is 1.24 bits per heavy atom. The number of hydrazine groups is 1. The molecule has 25 heavy (non-hydrogen) atoms. The molecule has 1 aromatic heterocycles. The van der Waals surface area contributed by atoms with Gasteiger partial charge in [0.1, 0.15) is 16.9 Å². The van der Waals surface area contributed by atoms with Crippen LogP contribution in [0.2, 0.25) is 0 Å². The lowest BCUT2D eigenvalue weighted by atomic mass is 10.1. The number of benzene rings is 1. The first-order valence-electron chi connectivity index (χ1n) is 7.26. The summed E-state index contributed by atoms with van der Waals surface area (Å²) in [5.41, 5.74) is 6.71. The van der Waals surface area contributed by atoms with Crippen LogP contribution in [0.5, 0.6) is 0 Å². The van der Waals surface area contributed by atoms with E-state index in [1.807, 2.05) is 0 Å². The number of aromatic nitrogens is 1. The Balaban J connectivity index is 1.90. The van der Waals surface area contributed by atoms with Crippen LogP contribution in [-0.2, 0) is 4.79 Å². The van der Waals surface area contributed by atoms with Crippen molar-refractivity contribution in [3.05, 3.63) is 58.5 Å². The van der Waals surface area contributed by atoms with E-state index in [1.54, 1.807) is 19.9 Å². The zero-order valence-corrected chi connectivity index (χ0v) is 14.4. The number of nitrogens with zero attached hydrogens (tertiary/aromatic N) is 2. The molecule has 0 radical (unpaired) electrons. The standard InChI is InChI=1S/C17H15FN4O2S/c1-10-7-11(2)20-17(14(10)8-19)25-9-15(23)21-22-16(24)12-3-5-13(18)6-4-12/h3-7H,9H2,1-2H3,(H,21,23)(H,22,24). The molecule has 2 amide bonds. The number of carbonyl (C=O) groups excluding carboxylic acids is 2. The highest BCUT2D eigenvalue weighted by atomic mass is 32.2. The van der Waals surface area contributed by atoms with E-state index >= 15 is 0 Å². The highest BCUT2D eigenvalue weighted by molar-refractivity contribution is 8.00. The van der Waals surface area contributed by atoms with E-state index in [0.29, 0.717) is 10.6 Å². The fraction of sp³-hybridized carbons (Fsp3) is 0.176. The molecule has 8 heteroatoms. The molecule has 0 atom stereocenters. The summed E-state index contributed by atoms with van der Waals surface area (Å²) < 4.78 is 12.8. The lowest BCUT2D eigenvalue weighted by Gasteiger charge is -2.09. The first-order chi connectivity index (χ1) is 11.9. The largest absolute Gasteiger partial charge is 0.272 e. The number of halogens is 1. The van der Waals surface area contributed by atoms with E-state index in [0.717, 1.165) is 35.2 Å². The summed E-state index contributed by atoms with van der Waals surface area (Å²) in [5.74, 6) is -1.48. The fourth-order valence-corrected chi connectivity index (χ4v) is 2.91. The van der Waals surface area contributed by atoms with E-state index < -0.39 is 17.6 Å². The van der Waals surface area contributed by atoms with Crippen molar-refractivity contribution in [2.24, 2.45) is 0 Å². The lowest BCUT2D eigenvalue weighted by molar-refractivity contribution is -0.119. The van der Waals surface area contributed by atoms with Crippen LogP contribution in [0.25, 0.3) is 0 Å². The Labute approximate surface area is 148 Å². The Hall–Kier alpha value is -2.92. The summed E-state index contributed by atoms with van der Waals surface area (Å²) in [6, 6.07) is 8.80. The average molecular weight is 358 g/mol. The van der Waals surface area contributed by atoms with E-state index in [9.17, 15) is 19.2 Å². The molecule has 1 heterocycles. The zero-order chi connectivity index (χ0) is 18.4. The minimum atomic E-state index is -0.555. The van der Waals surface area contributed by atoms with Crippen LogP contribution in [0, 0.1) is 31.0 Å². The highest BCUT2D eigenvalue weighted by Crippen LogP contribution is 2.23. The van der Waals surface area contributed by atoms with Gasteiger partial charge in [0.2, 0.25) is 5.91 Å². The van der Waals surface area contributed by atoms with Crippen LogP contribution < -0.4 is 10.9 Å². The van der Waals surface area contributed by atoms with Crippen LogP contribution in [-0.4, -0.2) is 22.6 Å². The SMILES string of the molecule is Cc1cc(C)c(C#N)c(SCC(=O)NNC(=O)c2ccc(F)cc2)n1. The predicted octanol–water partition coefficient (Wildman–Crippen LogP) is 2.26. The van der Waals surface area contributed by atoms with Crippen molar-refractivity contribution in [3.63, 3.8) is 0 Å². The van der Waals surface area contributed by atoms with Gasteiger partial charge in [0.25, 0.3) is 5.91 Å². The monoisotopic (exact) mass is 358 g/mol. The molecular formula is C17H15FN4O2S. The molecule has 1 aromatic carbocycles. The topological polar surface area (TPSA) is 94.9 Å². The number of aryl methyl sites for hydroxylation is 2. The summed E-state index contributed by atoms with van der Waals surface area (Å²) in [7, 11) is 0. The minimum absolute atomic E-state index is 0.0196. The molecule has 2 rings (SSSR count). The third-order valence-electron chi connectivity index (χ3n) is 3.19. The summed E-state index contributed by atoms with van der Waals surface area (Å²) in [4.78, 5) is 27.9. The number of carbonyl (C=O) groups is 2. The zero-order valence-electron chi connectivity index (χ0n) is 13.6. The molecule has 0 saturated carbocycles. The first-order valence-corrected chi connectivity index (χ1v) is 8.25. The number of hydrogen-bond acceptors (Lipinski definition) is 5. The molecule has 0 unspecified atom stereocenters. The van der Waals surface area contributed by atoms with Gasteiger partial charge in [-0.1, -0.05) is 11.8 Å². The maximum atomic E-state index is 12.8. The molecule has 6 nitrogen and oxygen atoms in total. The average Bonchev–Trinajstić information content (AvgIpc) is 2.58. The molecule has 0 bridgehead atoms. The normalized spacial score (nSPS) is 10.0. The van der Waals surface area contributed by atoms with Gasteiger partial charge in [0, 0.05) is 11.3 Å². The summed E-state index contributed by atoms with van der Waals surface area (Å²) in [5, 5.41) is 9.66. The third kappa shape index (κ3) is 5.02. The van der Waals surface area contributed by atoms with Gasteiger partial charge in [-0.25, -0.2) is 9.37 Å². The van der Waals surface area contributed by atoms with Crippen molar-refractivity contribution < 1.29 is 14.0 Å².